The van der Waals surface area contributed by atoms with Gasteiger partial charge in [-0.15, -0.1) is 0 Å². The van der Waals surface area contributed by atoms with Gasteiger partial charge in [0, 0.05) is 30.6 Å². The first-order chi connectivity index (χ1) is 17.1. The molecule has 2 aromatic carbocycles. The lowest BCUT2D eigenvalue weighted by molar-refractivity contribution is -0.123. The van der Waals surface area contributed by atoms with Crippen molar-refractivity contribution in [2.24, 2.45) is 5.92 Å². The van der Waals surface area contributed by atoms with Crippen molar-refractivity contribution in [3.8, 4) is 0 Å². The number of amides is 1. The van der Waals surface area contributed by atoms with Gasteiger partial charge in [-0.05, 0) is 82.7 Å². The number of fused-ring (bicyclic) bond motifs is 1. The summed E-state index contributed by atoms with van der Waals surface area (Å²) in [5, 5.41) is 1.75. The monoisotopic (exact) mass is 568 g/mol. The van der Waals surface area contributed by atoms with Crippen molar-refractivity contribution in [3.05, 3.63) is 52.0 Å². The first-order valence-corrected chi connectivity index (χ1v) is 14.9. The van der Waals surface area contributed by atoms with Gasteiger partial charge in [0.2, 0.25) is 15.9 Å². The molecule has 1 fully saturated rings. The van der Waals surface area contributed by atoms with E-state index < -0.39 is 10.0 Å². The van der Waals surface area contributed by atoms with Crippen molar-refractivity contribution in [1.29, 1.82) is 0 Å². The highest BCUT2D eigenvalue weighted by Crippen LogP contribution is 2.37. The fourth-order valence-electron chi connectivity index (χ4n) is 4.37. The standard InChI is InChI=1S/C25H30Cl2N4O3S2/c1-17-5-10-21(27)23-22(17)28-25(35-23)31(14-4-13-29(2)3)24(32)18-11-15-30(16-12-18)36(33,34)20-8-6-19(26)7-9-20/h5-10,18H,4,11-16H2,1-3H3. The van der Waals surface area contributed by atoms with Crippen LogP contribution in [0.3, 0.4) is 0 Å². The van der Waals surface area contributed by atoms with E-state index in [4.69, 9.17) is 28.2 Å². The number of sulfonamides is 1. The Hall–Kier alpha value is -1.75. The number of thiazole rings is 1. The average Bonchev–Trinajstić information content (AvgIpc) is 3.30. The number of rotatable bonds is 8. The molecule has 11 heteroatoms. The Labute approximate surface area is 226 Å². The van der Waals surface area contributed by atoms with E-state index in [9.17, 15) is 13.2 Å². The third kappa shape index (κ3) is 5.87. The normalized spacial score (nSPS) is 15.6. The molecule has 0 radical (unpaired) electrons. The number of carbonyl (C=O) groups excluding carboxylic acids is 1. The lowest BCUT2D eigenvalue weighted by atomic mass is 9.96. The molecule has 2 heterocycles. The smallest absolute Gasteiger partial charge is 0.243 e. The van der Waals surface area contributed by atoms with Gasteiger partial charge in [-0.1, -0.05) is 40.6 Å². The maximum absolute atomic E-state index is 13.7. The van der Waals surface area contributed by atoms with Gasteiger partial charge < -0.3 is 4.90 Å². The highest BCUT2D eigenvalue weighted by molar-refractivity contribution is 7.89. The minimum absolute atomic E-state index is 0.00914. The van der Waals surface area contributed by atoms with Crippen molar-refractivity contribution >= 4 is 65.8 Å². The molecule has 0 unspecified atom stereocenters. The van der Waals surface area contributed by atoms with Crippen LogP contribution in [0.5, 0.6) is 0 Å². The van der Waals surface area contributed by atoms with Crippen LogP contribution in [0, 0.1) is 12.8 Å². The summed E-state index contributed by atoms with van der Waals surface area (Å²) in [6.45, 7) is 3.94. The number of halogens is 2. The van der Waals surface area contributed by atoms with Gasteiger partial charge in [0.05, 0.1) is 20.1 Å². The van der Waals surface area contributed by atoms with Crippen molar-refractivity contribution in [2.75, 3.05) is 45.2 Å². The highest BCUT2D eigenvalue weighted by atomic mass is 35.5. The van der Waals surface area contributed by atoms with Crippen molar-refractivity contribution < 1.29 is 13.2 Å². The predicted molar refractivity (Wildman–Crippen MR) is 148 cm³/mol. The zero-order valence-electron chi connectivity index (χ0n) is 20.6. The summed E-state index contributed by atoms with van der Waals surface area (Å²) >= 11 is 13.8. The van der Waals surface area contributed by atoms with Crippen LogP contribution in [-0.4, -0.2) is 68.8 Å². The number of piperidine rings is 1. The van der Waals surface area contributed by atoms with Crippen molar-refractivity contribution in [3.63, 3.8) is 0 Å². The van der Waals surface area contributed by atoms with E-state index in [2.05, 4.69) is 4.90 Å². The van der Waals surface area contributed by atoms with E-state index in [0.717, 1.165) is 28.7 Å². The summed E-state index contributed by atoms with van der Waals surface area (Å²) in [7, 11) is 0.376. The lowest BCUT2D eigenvalue weighted by Gasteiger charge is -2.33. The Morgan fingerprint density at radius 3 is 2.36 bits per heavy atom. The molecule has 4 rings (SSSR count). The first-order valence-electron chi connectivity index (χ1n) is 11.9. The fraction of sp³-hybridized carbons (Fsp3) is 0.440. The predicted octanol–water partition coefficient (Wildman–Crippen LogP) is 5.30. The number of hydrogen-bond acceptors (Lipinski definition) is 6. The average molecular weight is 570 g/mol. The SMILES string of the molecule is Cc1ccc(Cl)c2sc(N(CCCN(C)C)C(=O)C3CCN(S(=O)(=O)c4ccc(Cl)cc4)CC3)nc12. The molecule has 1 aliphatic heterocycles. The van der Waals surface area contributed by atoms with E-state index in [1.54, 1.807) is 17.0 Å². The van der Waals surface area contributed by atoms with Crippen LogP contribution in [-0.2, 0) is 14.8 Å². The summed E-state index contributed by atoms with van der Waals surface area (Å²) in [4.78, 5) is 22.6. The number of benzene rings is 2. The molecular weight excluding hydrogens is 539 g/mol. The minimum atomic E-state index is -3.63. The summed E-state index contributed by atoms with van der Waals surface area (Å²) in [6, 6.07) is 9.97. The van der Waals surface area contributed by atoms with Gasteiger partial charge in [0.1, 0.15) is 0 Å². The molecule has 0 spiro atoms. The van der Waals surface area contributed by atoms with Crippen LogP contribution >= 0.6 is 34.5 Å². The Balaban J connectivity index is 1.52. The molecule has 0 bridgehead atoms. The van der Waals surface area contributed by atoms with Crippen LogP contribution in [0.4, 0.5) is 5.13 Å². The Kier molecular flexibility index (Phi) is 8.59. The third-order valence-electron chi connectivity index (χ3n) is 6.42. The number of aromatic nitrogens is 1. The maximum Gasteiger partial charge on any atom is 0.243 e. The summed E-state index contributed by atoms with van der Waals surface area (Å²) < 4.78 is 28.5. The molecule has 0 N–H and O–H groups in total. The summed E-state index contributed by atoms with van der Waals surface area (Å²) in [6.07, 6.45) is 1.71. The molecule has 1 saturated heterocycles. The third-order valence-corrected chi connectivity index (χ3v) is 10.1. The van der Waals surface area contributed by atoms with Crippen molar-refractivity contribution in [2.45, 2.75) is 31.1 Å². The maximum atomic E-state index is 13.7. The zero-order chi connectivity index (χ0) is 26.0. The molecule has 36 heavy (non-hydrogen) atoms. The van der Waals surface area contributed by atoms with Crippen LogP contribution in [0.15, 0.2) is 41.3 Å². The largest absolute Gasteiger partial charge is 0.309 e. The summed E-state index contributed by atoms with van der Waals surface area (Å²) in [5.41, 5.74) is 1.83. The van der Waals surface area contributed by atoms with Crippen LogP contribution in [0.1, 0.15) is 24.8 Å². The van der Waals surface area contributed by atoms with Crippen LogP contribution < -0.4 is 4.90 Å². The first kappa shape index (κ1) is 27.3. The Morgan fingerprint density at radius 2 is 1.75 bits per heavy atom. The molecule has 1 aliphatic rings. The molecular formula is C25H30Cl2N4O3S2. The second-order valence-corrected chi connectivity index (χ2v) is 13.1. The zero-order valence-corrected chi connectivity index (χ0v) is 23.7. The second-order valence-electron chi connectivity index (χ2n) is 9.32. The van der Waals surface area contributed by atoms with Gasteiger partial charge >= 0.3 is 0 Å². The van der Waals surface area contributed by atoms with E-state index in [-0.39, 0.29) is 29.8 Å². The molecule has 1 amide bonds. The van der Waals surface area contributed by atoms with Gasteiger partial charge in [0.15, 0.2) is 5.13 Å². The minimum Gasteiger partial charge on any atom is -0.309 e. The van der Waals surface area contributed by atoms with E-state index >= 15 is 0 Å². The molecule has 0 aliphatic carbocycles. The Morgan fingerprint density at radius 1 is 1.08 bits per heavy atom. The molecule has 0 atom stereocenters. The topological polar surface area (TPSA) is 73.8 Å². The van der Waals surface area contributed by atoms with Gasteiger partial charge in [-0.3, -0.25) is 9.69 Å². The highest BCUT2D eigenvalue weighted by Gasteiger charge is 2.35. The van der Waals surface area contributed by atoms with Gasteiger partial charge in [-0.25, -0.2) is 13.4 Å². The van der Waals surface area contributed by atoms with E-state index in [1.165, 1.54) is 27.8 Å². The molecule has 3 aromatic rings. The summed E-state index contributed by atoms with van der Waals surface area (Å²) in [5.74, 6) is -0.283. The van der Waals surface area contributed by atoms with Gasteiger partial charge in [0.25, 0.3) is 0 Å². The van der Waals surface area contributed by atoms with Crippen LogP contribution in [0.2, 0.25) is 10.0 Å². The number of nitrogens with zero attached hydrogens (tertiary/aromatic N) is 4. The fourth-order valence-corrected chi connectivity index (χ4v) is 7.31. The molecule has 0 saturated carbocycles. The number of anilines is 1. The Bertz CT molecular complexity index is 1300. The number of aryl methyl sites for hydroxylation is 1. The number of hydrogen-bond donors (Lipinski definition) is 0. The van der Waals surface area contributed by atoms with Crippen LogP contribution in [0.25, 0.3) is 10.2 Å². The second kappa shape index (κ2) is 11.3. The quantitative estimate of drug-likeness (QED) is 0.368. The molecule has 194 valence electrons. The van der Waals surface area contributed by atoms with Gasteiger partial charge in [-0.2, -0.15) is 4.31 Å². The molecule has 1 aromatic heterocycles. The van der Waals surface area contributed by atoms with E-state index in [1.807, 2.05) is 33.2 Å². The molecule has 7 nitrogen and oxygen atoms in total. The lowest BCUT2D eigenvalue weighted by Crippen LogP contribution is -2.45. The van der Waals surface area contributed by atoms with E-state index in [0.29, 0.717) is 34.6 Å². The van der Waals surface area contributed by atoms with Crippen molar-refractivity contribution in [1.82, 2.24) is 14.2 Å². The number of carbonyl (C=O) groups is 1.